The van der Waals surface area contributed by atoms with Crippen LogP contribution in [-0.2, 0) is 12.8 Å². The summed E-state index contributed by atoms with van der Waals surface area (Å²) in [6.45, 7) is 0.853. The summed E-state index contributed by atoms with van der Waals surface area (Å²) < 4.78 is 30.6. The number of nitrogens with zero attached hydrogens (tertiary/aromatic N) is 2. The molecule has 0 spiro atoms. The molecule has 6 nitrogen and oxygen atoms in total. The number of hydrogen-bond donors (Lipinski definition) is 4. The van der Waals surface area contributed by atoms with E-state index in [1.165, 1.54) is 6.07 Å². The first-order valence-corrected chi connectivity index (χ1v) is 12.9. The average Bonchev–Trinajstić information content (AvgIpc) is 2.82. The topological polar surface area (TPSA) is 129 Å². The van der Waals surface area contributed by atoms with E-state index in [2.05, 4.69) is 65.5 Å². The van der Waals surface area contributed by atoms with Gasteiger partial charge in [0.25, 0.3) is 0 Å². The standard InChI is InChI=1S/C28H24Br2F2N6/c29-23-11-17(9-19(13-23)5-7-37-27(33)34)1-3-21-15-22(26(32)16-25(21)31)4-2-18-10-20(14-24(30)12-18)6-8-38-28(35)36/h9-16H,5-8H2,(H4,33,34,37)(H4,35,36,38). The number of halogens is 4. The van der Waals surface area contributed by atoms with E-state index in [0.29, 0.717) is 37.1 Å². The van der Waals surface area contributed by atoms with Crippen LogP contribution >= 0.6 is 31.9 Å². The van der Waals surface area contributed by atoms with Crippen molar-refractivity contribution in [1.82, 2.24) is 0 Å². The summed E-state index contributed by atoms with van der Waals surface area (Å²) in [5.74, 6) is 9.94. The maximum Gasteiger partial charge on any atom is 0.185 e. The second-order valence-electron chi connectivity index (χ2n) is 8.12. The Balaban J connectivity index is 1.86. The second kappa shape index (κ2) is 13.6. The molecule has 10 heteroatoms. The highest BCUT2D eigenvalue weighted by Gasteiger charge is 2.08. The zero-order valence-corrected chi connectivity index (χ0v) is 23.3. The Labute approximate surface area is 236 Å². The summed E-state index contributed by atoms with van der Waals surface area (Å²) in [4.78, 5) is 7.95. The largest absolute Gasteiger partial charge is 0.370 e. The molecule has 0 aliphatic rings. The molecule has 0 aliphatic carbocycles. The predicted octanol–water partition coefficient (Wildman–Crippen LogP) is 3.92. The highest BCUT2D eigenvalue weighted by Crippen LogP contribution is 2.19. The number of rotatable bonds is 6. The van der Waals surface area contributed by atoms with Crippen molar-refractivity contribution in [2.45, 2.75) is 12.8 Å². The van der Waals surface area contributed by atoms with Gasteiger partial charge in [-0.05, 0) is 66.4 Å². The Morgan fingerprint density at radius 3 is 1.42 bits per heavy atom. The molecule has 3 rings (SSSR count). The van der Waals surface area contributed by atoms with Gasteiger partial charge < -0.3 is 22.9 Å². The van der Waals surface area contributed by atoms with Crippen molar-refractivity contribution in [3.05, 3.63) is 102 Å². The van der Waals surface area contributed by atoms with Gasteiger partial charge >= 0.3 is 0 Å². The van der Waals surface area contributed by atoms with Crippen molar-refractivity contribution in [1.29, 1.82) is 0 Å². The summed E-state index contributed by atoms with van der Waals surface area (Å²) in [6.07, 6.45) is 1.20. The molecule has 0 saturated carbocycles. The van der Waals surface area contributed by atoms with Crippen LogP contribution in [0.15, 0.2) is 67.5 Å². The number of benzene rings is 3. The molecule has 38 heavy (non-hydrogen) atoms. The van der Waals surface area contributed by atoms with Crippen LogP contribution in [0.2, 0.25) is 0 Å². The second-order valence-corrected chi connectivity index (χ2v) is 9.95. The monoisotopic (exact) mass is 640 g/mol. The lowest BCUT2D eigenvalue weighted by Gasteiger charge is -2.03. The SMILES string of the molecule is NC(N)=NCCc1cc(Br)cc(C#Cc2cc(C#Cc3cc(Br)cc(CCN=C(N)N)c3)c(F)cc2F)c1. The van der Waals surface area contributed by atoms with Gasteiger partial charge in [0, 0.05) is 39.2 Å². The molecule has 0 fully saturated rings. The molecule has 3 aromatic rings. The van der Waals surface area contributed by atoms with Crippen molar-refractivity contribution in [2.24, 2.45) is 32.9 Å². The lowest BCUT2D eigenvalue weighted by atomic mass is 10.1. The maximum atomic E-state index is 14.5. The molecule has 0 amide bonds. The van der Waals surface area contributed by atoms with Gasteiger partial charge in [0.15, 0.2) is 11.9 Å². The Morgan fingerprint density at radius 2 is 1.03 bits per heavy atom. The number of guanidine groups is 2. The predicted molar refractivity (Wildman–Crippen MR) is 155 cm³/mol. The molecule has 0 saturated heterocycles. The van der Waals surface area contributed by atoms with E-state index in [-0.39, 0.29) is 23.0 Å². The molecular formula is C28H24Br2F2N6. The van der Waals surface area contributed by atoms with Crippen LogP contribution in [-0.4, -0.2) is 25.0 Å². The highest BCUT2D eigenvalue weighted by molar-refractivity contribution is 9.10. The molecule has 8 N–H and O–H groups in total. The van der Waals surface area contributed by atoms with Crippen LogP contribution in [0.5, 0.6) is 0 Å². The molecule has 0 radical (unpaired) electrons. The van der Waals surface area contributed by atoms with Crippen molar-refractivity contribution in [2.75, 3.05) is 13.1 Å². The quantitative estimate of drug-likeness (QED) is 0.185. The number of aliphatic imine (C=N–C) groups is 2. The molecule has 0 heterocycles. The fourth-order valence-corrected chi connectivity index (χ4v) is 4.46. The van der Waals surface area contributed by atoms with Gasteiger partial charge in [0.2, 0.25) is 0 Å². The van der Waals surface area contributed by atoms with Gasteiger partial charge in [-0.25, -0.2) is 8.78 Å². The van der Waals surface area contributed by atoms with Gasteiger partial charge in [-0.1, -0.05) is 55.5 Å². The zero-order chi connectivity index (χ0) is 27.7. The molecule has 0 aliphatic heterocycles. The van der Waals surface area contributed by atoms with E-state index < -0.39 is 11.6 Å². The maximum absolute atomic E-state index is 14.5. The number of hydrogen-bond acceptors (Lipinski definition) is 2. The first-order chi connectivity index (χ1) is 18.1. The lowest BCUT2D eigenvalue weighted by molar-refractivity contribution is 0.579. The van der Waals surface area contributed by atoms with E-state index in [4.69, 9.17) is 22.9 Å². The van der Waals surface area contributed by atoms with Crippen LogP contribution in [0.25, 0.3) is 0 Å². The summed E-state index contributed by atoms with van der Waals surface area (Å²) in [5.41, 5.74) is 24.7. The molecule has 0 atom stereocenters. The minimum Gasteiger partial charge on any atom is -0.370 e. The minimum absolute atomic E-state index is 0.0221. The minimum atomic E-state index is -0.770. The fourth-order valence-electron chi connectivity index (χ4n) is 3.38. The van der Waals surface area contributed by atoms with Crippen molar-refractivity contribution < 1.29 is 8.78 Å². The first kappa shape index (κ1) is 28.7. The Bertz CT molecular complexity index is 1410. The summed E-state index contributed by atoms with van der Waals surface area (Å²) in [7, 11) is 0. The van der Waals surface area contributed by atoms with E-state index in [9.17, 15) is 8.78 Å². The normalized spacial score (nSPS) is 10.0. The van der Waals surface area contributed by atoms with Crippen LogP contribution in [0.1, 0.15) is 33.4 Å². The first-order valence-electron chi connectivity index (χ1n) is 11.3. The van der Waals surface area contributed by atoms with Gasteiger partial charge in [-0.2, -0.15) is 0 Å². The Morgan fingerprint density at radius 1 is 0.605 bits per heavy atom. The van der Waals surface area contributed by atoms with Gasteiger partial charge in [-0.3, -0.25) is 9.98 Å². The molecule has 0 aromatic heterocycles. The van der Waals surface area contributed by atoms with Gasteiger partial charge in [0.05, 0.1) is 11.1 Å². The van der Waals surface area contributed by atoms with Crippen LogP contribution in [0.4, 0.5) is 8.78 Å². The third-order valence-electron chi connectivity index (χ3n) is 5.04. The summed E-state index contributed by atoms with van der Waals surface area (Å²) in [6, 6.07) is 13.3. The van der Waals surface area contributed by atoms with Crippen molar-refractivity contribution in [3.8, 4) is 23.7 Å². The highest BCUT2D eigenvalue weighted by atomic mass is 79.9. The van der Waals surface area contributed by atoms with E-state index >= 15 is 0 Å². The van der Waals surface area contributed by atoms with Crippen molar-refractivity contribution in [3.63, 3.8) is 0 Å². The Hall–Kier alpha value is -3.86. The molecule has 0 bridgehead atoms. The van der Waals surface area contributed by atoms with E-state index in [1.807, 2.05) is 24.3 Å². The number of nitrogens with two attached hydrogens (primary N) is 4. The molecule has 0 unspecified atom stereocenters. The average molecular weight is 642 g/mol. The molecular weight excluding hydrogens is 618 g/mol. The third kappa shape index (κ3) is 9.22. The molecule has 3 aromatic carbocycles. The summed E-state index contributed by atoms with van der Waals surface area (Å²) >= 11 is 6.91. The fraction of sp³-hybridized carbons (Fsp3) is 0.143. The van der Waals surface area contributed by atoms with Crippen LogP contribution in [0, 0.1) is 35.3 Å². The van der Waals surface area contributed by atoms with Crippen LogP contribution < -0.4 is 22.9 Å². The third-order valence-corrected chi connectivity index (χ3v) is 5.96. The van der Waals surface area contributed by atoms with Crippen LogP contribution in [0.3, 0.4) is 0 Å². The van der Waals surface area contributed by atoms with E-state index in [0.717, 1.165) is 26.1 Å². The molecule has 194 valence electrons. The zero-order valence-electron chi connectivity index (χ0n) is 20.2. The Kier molecular flexibility index (Phi) is 10.3. The smallest absolute Gasteiger partial charge is 0.185 e. The summed E-state index contributed by atoms with van der Waals surface area (Å²) in [5, 5.41) is 0. The van der Waals surface area contributed by atoms with E-state index in [1.54, 1.807) is 12.1 Å². The van der Waals surface area contributed by atoms with Crippen molar-refractivity contribution >= 4 is 43.8 Å². The van der Waals surface area contributed by atoms with Gasteiger partial charge in [0.1, 0.15) is 11.6 Å². The van der Waals surface area contributed by atoms with Gasteiger partial charge in [-0.15, -0.1) is 0 Å². The lowest BCUT2D eigenvalue weighted by Crippen LogP contribution is -2.23.